The third-order valence-electron chi connectivity index (χ3n) is 5.42. The molecule has 4 heterocycles. The lowest BCUT2D eigenvalue weighted by atomic mass is 10.0. The molecule has 1 saturated heterocycles. The lowest BCUT2D eigenvalue weighted by Crippen LogP contribution is -2.45. The van der Waals surface area contributed by atoms with E-state index in [9.17, 15) is 22.4 Å². The standard InChI is InChI=1S/C18H20FN7O4S/c1-20-31(29,30)13-9-22-18(23-10-13)25-5-3-12(4-6-25)26-15-14(7-11(19)8-21-15)24(2)16(27)17(26)28/h7-10,12,20H,3-6H2,1-2H3. The lowest BCUT2D eigenvalue weighted by Gasteiger charge is -2.33. The minimum atomic E-state index is -3.62. The van der Waals surface area contributed by atoms with Gasteiger partial charge in [-0.1, -0.05) is 0 Å². The normalized spacial score (nSPS) is 15.5. The summed E-state index contributed by atoms with van der Waals surface area (Å²) in [5, 5.41) is 0. The molecule has 1 N–H and O–H groups in total. The van der Waals surface area contributed by atoms with Crippen LogP contribution in [0.15, 0.2) is 39.1 Å². The van der Waals surface area contributed by atoms with E-state index >= 15 is 0 Å². The Hall–Kier alpha value is -3.19. The predicted octanol–water partition coefficient (Wildman–Crippen LogP) is -0.226. The summed E-state index contributed by atoms with van der Waals surface area (Å²) in [7, 11) is -0.906. The summed E-state index contributed by atoms with van der Waals surface area (Å²) in [6.07, 6.45) is 4.49. The summed E-state index contributed by atoms with van der Waals surface area (Å²) in [5.74, 6) is -0.224. The summed E-state index contributed by atoms with van der Waals surface area (Å²) in [6, 6.07) is 0.880. The summed E-state index contributed by atoms with van der Waals surface area (Å²) in [5.41, 5.74) is -0.945. The fourth-order valence-corrected chi connectivity index (χ4v) is 4.32. The van der Waals surface area contributed by atoms with Gasteiger partial charge in [0.1, 0.15) is 10.7 Å². The Labute approximate surface area is 176 Å². The highest BCUT2D eigenvalue weighted by Crippen LogP contribution is 2.26. The number of sulfonamides is 1. The largest absolute Gasteiger partial charge is 0.341 e. The van der Waals surface area contributed by atoms with Crippen LogP contribution in [0.25, 0.3) is 11.2 Å². The van der Waals surface area contributed by atoms with Gasteiger partial charge >= 0.3 is 11.1 Å². The van der Waals surface area contributed by atoms with Crippen LogP contribution in [-0.2, 0) is 17.1 Å². The van der Waals surface area contributed by atoms with E-state index in [-0.39, 0.29) is 22.1 Å². The molecule has 164 valence electrons. The first-order valence-electron chi connectivity index (χ1n) is 9.50. The van der Waals surface area contributed by atoms with Gasteiger partial charge in [-0.05, 0) is 19.9 Å². The van der Waals surface area contributed by atoms with E-state index in [1.54, 1.807) is 0 Å². The van der Waals surface area contributed by atoms with Gasteiger partial charge in [0.2, 0.25) is 16.0 Å². The minimum Gasteiger partial charge on any atom is -0.341 e. The monoisotopic (exact) mass is 449 g/mol. The molecular weight excluding hydrogens is 429 g/mol. The molecule has 4 rings (SSSR count). The molecule has 0 aromatic carbocycles. The first-order valence-corrected chi connectivity index (χ1v) is 11.0. The Morgan fingerprint density at radius 3 is 2.32 bits per heavy atom. The number of aryl methyl sites for hydroxylation is 1. The zero-order chi connectivity index (χ0) is 22.3. The molecule has 0 saturated carbocycles. The summed E-state index contributed by atoms with van der Waals surface area (Å²) in [6.45, 7) is 0.959. The second-order valence-electron chi connectivity index (χ2n) is 7.18. The van der Waals surface area contributed by atoms with E-state index in [1.807, 2.05) is 4.90 Å². The molecule has 3 aromatic heterocycles. The van der Waals surface area contributed by atoms with Crippen molar-refractivity contribution in [2.24, 2.45) is 7.05 Å². The molecule has 1 aliphatic heterocycles. The van der Waals surface area contributed by atoms with Crippen LogP contribution in [0.4, 0.5) is 10.3 Å². The van der Waals surface area contributed by atoms with Crippen LogP contribution in [-0.4, -0.2) is 52.6 Å². The number of fused-ring (bicyclic) bond motifs is 1. The van der Waals surface area contributed by atoms with Gasteiger partial charge in [-0.3, -0.25) is 14.2 Å². The van der Waals surface area contributed by atoms with Gasteiger partial charge < -0.3 is 9.47 Å². The highest BCUT2D eigenvalue weighted by Gasteiger charge is 2.26. The van der Waals surface area contributed by atoms with Crippen molar-refractivity contribution in [2.75, 3.05) is 25.0 Å². The SMILES string of the molecule is CNS(=O)(=O)c1cnc(N2CCC(n3c(=O)c(=O)n(C)c4cc(F)cnc43)CC2)nc1. The van der Waals surface area contributed by atoms with Crippen LogP contribution in [0.3, 0.4) is 0 Å². The number of aromatic nitrogens is 5. The number of anilines is 1. The molecule has 11 nitrogen and oxygen atoms in total. The number of nitrogens with one attached hydrogen (secondary N) is 1. The van der Waals surface area contributed by atoms with Crippen molar-refractivity contribution in [1.82, 2.24) is 28.8 Å². The maximum Gasteiger partial charge on any atom is 0.318 e. The molecule has 0 unspecified atom stereocenters. The van der Waals surface area contributed by atoms with Crippen molar-refractivity contribution in [3.8, 4) is 0 Å². The Kier molecular flexibility index (Phi) is 5.31. The number of halogens is 1. The smallest absolute Gasteiger partial charge is 0.318 e. The molecule has 0 aliphatic carbocycles. The molecule has 0 spiro atoms. The number of hydrogen-bond donors (Lipinski definition) is 1. The zero-order valence-electron chi connectivity index (χ0n) is 16.8. The molecule has 1 fully saturated rings. The second-order valence-corrected chi connectivity index (χ2v) is 9.07. The topological polar surface area (TPSA) is 132 Å². The fourth-order valence-electron chi connectivity index (χ4n) is 3.70. The molecule has 0 bridgehead atoms. The molecule has 3 aromatic rings. The van der Waals surface area contributed by atoms with Crippen LogP contribution >= 0.6 is 0 Å². The molecule has 0 radical (unpaired) electrons. The van der Waals surface area contributed by atoms with Crippen molar-refractivity contribution < 1.29 is 12.8 Å². The number of piperidine rings is 1. The predicted molar refractivity (Wildman–Crippen MR) is 110 cm³/mol. The quantitative estimate of drug-likeness (QED) is 0.541. The van der Waals surface area contributed by atoms with Crippen molar-refractivity contribution in [1.29, 1.82) is 0 Å². The second kappa shape index (κ2) is 7.81. The number of hydrogen-bond acceptors (Lipinski definition) is 8. The van der Waals surface area contributed by atoms with Gasteiger partial charge in [0.25, 0.3) is 0 Å². The van der Waals surface area contributed by atoms with Gasteiger partial charge in [-0.2, -0.15) is 0 Å². The molecule has 1 aliphatic rings. The average Bonchev–Trinajstić information content (AvgIpc) is 2.78. The maximum atomic E-state index is 13.7. The highest BCUT2D eigenvalue weighted by molar-refractivity contribution is 7.89. The zero-order valence-corrected chi connectivity index (χ0v) is 17.6. The first-order chi connectivity index (χ1) is 14.7. The molecule has 0 atom stereocenters. The summed E-state index contributed by atoms with van der Waals surface area (Å²) >= 11 is 0. The molecular formula is C18H20FN7O4S. The van der Waals surface area contributed by atoms with Gasteiger partial charge in [0, 0.05) is 32.2 Å². The minimum absolute atomic E-state index is 0.0369. The molecule has 31 heavy (non-hydrogen) atoms. The lowest BCUT2D eigenvalue weighted by molar-refractivity contribution is 0.389. The van der Waals surface area contributed by atoms with Crippen LogP contribution in [0, 0.1) is 5.82 Å². The van der Waals surface area contributed by atoms with Crippen molar-refractivity contribution in [2.45, 2.75) is 23.8 Å². The van der Waals surface area contributed by atoms with Gasteiger partial charge in [-0.15, -0.1) is 0 Å². The van der Waals surface area contributed by atoms with E-state index in [2.05, 4.69) is 19.7 Å². The third kappa shape index (κ3) is 3.70. The Bertz CT molecular complexity index is 1360. The van der Waals surface area contributed by atoms with Crippen LogP contribution in [0.2, 0.25) is 0 Å². The van der Waals surface area contributed by atoms with Crippen molar-refractivity contribution in [3.63, 3.8) is 0 Å². The Morgan fingerprint density at radius 1 is 1.06 bits per heavy atom. The van der Waals surface area contributed by atoms with Crippen LogP contribution in [0.5, 0.6) is 0 Å². The van der Waals surface area contributed by atoms with Gasteiger partial charge in [0.05, 0.1) is 24.1 Å². The Balaban J connectivity index is 1.61. The van der Waals surface area contributed by atoms with Crippen LogP contribution < -0.4 is 20.7 Å². The maximum absolute atomic E-state index is 13.7. The van der Waals surface area contributed by atoms with E-state index in [0.29, 0.717) is 31.9 Å². The number of rotatable bonds is 4. The molecule has 0 amide bonds. The summed E-state index contributed by atoms with van der Waals surface area (Å²) in [4.78, 5) is 39.2. The van der Waals surface area contributed by atoms with Crippen molar-refractivity contribution >= 4 is 27.1 Å². The fraction of sp³-hybridized carbons (Fsp3) is 0.389. The molecule has 13 heteroatoms. The van der Waals surface area contributed by atoms with Crippen LogP contribution in [0.1, 0.15) is 18.9 Å². The first kappa shape index (κ1) is 21.1. The summed E-state index contributed by atoms with van der Waals surface area (Å²) < 4.78 is 41.9. The highest BCUT2D eigenvalue weighted by atomic mass is 32.2. The van der Waals surface area contributed by atoms with E-state index in [0.717, 1.165) is 10.8 Å². The van der Waals surface area contributed by atoms with Gasteiger partial charge in [-0.25, -0.2) is 32.5 Å². The van der Waals surface area contributed by atoms with Crippen molar-refractivity contribution in [3.05, 3.63) is 51.2 Å². The van der Waals surface area contributed by atoms with E-state index < -0.39 is 27.0 Å². The van der Waals surface area contributed by atoms with E-state index in [4.69, 9.17) is 0 Å². The number of pyridine rings is 1. The number of nitrogens with zero attached hydrogens (tertiary/aromatic N) is 6. The average molecular weight is 449 g/mol. The van der Waals surface area contributed by atoms with E-state index in [1.165, 1.54) is 37.1 Å². The third-order valence-corrected chi connectivity index (χ3v) is 6.78. The van der Waals surface area contributed by atoms with Gasteiger partial charge in [0.15, 0.2) is 5.65 Å². The Morgan fingerprint density at radius 2 is 1.71 bits per heavy atom.